The molecular formula is C14H27NO3. The standard InChI is InChI=1S/C14H27NO3/c1-14(2,3)18-13(16)15-12(10-17-4)11-8-6-5-7-9-11/h11-12H,5-10H2,1-4H3,(H,15,16)/t12-/m0/s1. The minimum absolute atomic E-state index is 0.0742. The molecule has 4 heteroatoms. The third kappa shape index (κ3) is 5.71. The van der Waals surface area contributed by atoms with Gasteiger partial charge in [-0.05, 0) is 39.5 Å². The van der Waals surface area contributed by atoms with Gasteiger partial charge in [0, 0.05) is 7.11 Å². The van der Waals surface area contributed by atoms with Crippen molar-refractivity contribution in [1.82, 2.24) is 5.32 Å². The van der Waals surface area contributed by atoms with Crippen molar-refractivity contribution < 1.29 is 14.3 Å². The van der Waals surface area contributed by atoms with Crippen LogP contribution in [0.4, 0.5) is 4.79 Å². The van der Waals surface area contributed by atoms with Gasteiger partial charge in [-0.1, -0.05) is 19.3 Å². The van der Waals surface area contributed by atoms with Crippen molar-refractivity contribution in [2.24, 2.45) is 5.92 Å². The highest BCUT2D eigenvalue weighted by Gasteiger charge is 2.27. The highest BCUT2D eigenvalue weighted by molar-refractivity contribution is 5.68. The lowest BCUT2D eigenvalue weighted by Crippen LogP contribution is -2.46. The number of nitrogens with one attached hydrogen (secondary N) is 1. The Labute approximate surface area is 110 Å². The molecule has 0 radical (unpaired) electrons. The molecule has 1 atom stereocenters. The molecule has 1 aliphatic rings. The summed E-state index contributed by atoms with van der Waals surface area (Å²) in [5.74, 6) is 0.520. The number of hydrogen-bond donors (Lipinski definition) is 1. The van der Waals surface area contributed by atoms with E-state index in [0.717, 1.165) is 0 Å². The number of ether oxygens (including phenoxy) is 2. The van der Waals surface area contributed by atoms with E-state index in [1.807, 2.05) is 20.8 Å². The third-order valence-corrected chi connectivity index (χ3v) is 3.27. The highest BCUT2D eigenvalue weighted by Crippen LogP contribution is 2.26. The van der Waals surface area contributed by atoms with Gasteiger partial charge in [-0.3, -0.25) is 0 Å². The molecule has 1 saturated carbocycles. The van der Waals surface area contributed by atoms with Crippen LogP contribution in [0, 0.1) is 5.92 Å². The van der Waals surface area contributed by atoms with E-state index in [1.54, 1.807) is 7.11 Å². The number of carbonyl (C=O) groups excluding carboxylic acids is 1. The molecule has 1 fully saturated rings. The van der Waals surface area contributed by atoms with Crippen LogP contribution in [0.1, 0.15) is 52.9 Å². The lowest BCUT2D eigenvalue weighted by molar-refractivity contribution is 0.0415. The van der Waals surface area contributed by atoms with Crippen molar-refractivity contribution in [3.8, 4) is 0 Å². The molecule has 0 aromatic carbocycles. The van der Waals surface area contributed by atoms with Crippen LogP contribution < -0.4 is 5.32 Å². The van der Waals surface area contributed by atoms with E-state index < -0.39 is 5.60 Å². The number of methoxy groups -OCH3 is 1. The van der Waals surface area contributed by atoms with E-state index in [4.69, 9.17) is 9.47 Å². The number of hydrogen-bond acceptors (Lipinski definition) is 3. The van der Waals surface area contributed by atoms with Crippen LogP contribution in [0.15, 0.2) is 0 Å². The molecule has 0 bridgehead atoms. The van der Waals surface area contributed by atoms with Gasteiger partial charge in [-0.25, -0.2) is 4.79 Å². The summed E-state index contributed by atoms with van der Waals surface area (Å²) in [7, 11) is 1.67. The molecule has 1 aliphatic carbocycles. The molecule has 1 rings (SSSR count). The lowest BCUT2D eigenvalue weighted by Gasteiger charge is -2.31. The smallest absolute Gasteiger partial charge is 0.407 e. The second-order valence-electron chi connectivity index (χ2n) is 6.11. The van der Waals surface area contributed by atoms with Crippen molar-refractivity contribution >= 4 is 6.09 Å². The fraction of sp³-hybridized carbons (Fsp3) is 0.929. The molecule has 4 nitrogen and oxygen atoms in total. The molecule has 0 aromatic rings. The summed E-state index contributed by atoms with van der Waals surface area (Å²) in [4.78, 5) is 11.8. The third-order valence-electron chi connectivity index (χ3n) is 3.27. The van der Waals surface area contributed by atoms with Crippen molar-refractivity contribution in [2.75, 3.05) is 13.7 Å². The maximum absolute atomic E-state index is 11.8. The molecule has 0 spiro atoms. The summed E-state index contributed by atoms with van der Waals surface area (Å²) in [6.45, 7) is 6.18. The Hall–Kier alpha value is -0.770. The van der Waals surface area contributed by atoms with Crippen LogP contribution in [0.2, 0.25) is 0 Å². The van der Waals surface area contributed by atoms with Crippen LogP contribution in [0.25, 0.3) is 0 Å². The summed E-state index contributed by atoms with van der Waals surface area (Å²) in [6.07, 6.45) is 5.81. The van der Waals surface area contributed by atoms with Crippen LogP contribution in [-0.4, -0.2) is 31.5 Å². The Bertz CT molecular complexity index is 254. The number of alkyl carbamates (subject to hydrolysis) is 1. The van der Waals surface area contributed by atoms with E-state index in [0.29, 0.717) is 12.5 Å². The first kappa shape index (κ1) is 15.3. The topological polar surface area (TPSA) is 47.6 Å². The lowest BCUT2D eigenvalue weighted by atomic mass is 9.84. The van der Waals surface area contributed by atoms with E-state index >= 15 is 0 Å². The summed E-state index contributed by atoms with van der Waals surface area (Å²) >= 11 is 0. The monoisotopic (exact) mass is 257 g/mol. The van der Waals surface area contributed by atoms with Crippen molar-refractivity contribution in [3.63, 3.8) is 0 Å². The Morgan fingerprint density at radius 3 is 2.39 bits per heavy atom. The van der Waals surface area contributed by atoms with Crippen LogP contribution in [0.5, 0.6) is 0 Å². The molecule has 1 N–H and O–H groups in total. The van der Waals surface area contributed by atoms with E-state index in [9.17, 15) is 4.79 Å². The van der Waals surface area contributed by atoms with Crippen molar-refractivity contribution in [3.05, 3.63) is 0 Å². The largest absolute Gasteiger partial charge is 0.444 e. The first-order valence-corrected chi connectivity index (χ1v) is 6.91. The zero-order valence-corrected chi connectivity index (χ0v) is 12.1. The molecule has 0 aliphatic heterocycles. The zero-order valence-electron chi connectivity index (χ0n) is 12.1. The molecule has 0 heterocycles. The minimum Gasteiger partial charge on any atom is -0.444 e. The molecule has 106 valence electrons. The van der Waals surface area contributed by atoms with Crippen LogP contribution in [0.3, 0.4) is 0 Å². The van der Waals surface area contributed by atoms with E-state index in [2.05, 4.69) is 5.32 Å². The van der Waals surface area contributed by atoms with E-state index in [-0.39, 0.29) is 12.1 Å². The van der Waals surface area contributed by atoms with Gasteiger partial charge in [0.25, 0.3) is 0 Å². The Morgan fingerprint density at radius 1 is 1.28 bits per heavy atom. The zero-order chi connectivity index (χ0) is 13.6. The molecule has 0 saturated heterocycles. The van der Waals surface area contributed by atoms with Gasteiger partial charge >= 0.3 is 6.09 Å². The maximum atomic E-state index is 11.8. The van der Waals surface area contributed by atoms with Crippen LogP contribution in [-0.2, 0) is 9.47 Å². The Kier molecular flexibility index (Phi) is 5.93. The van der Waals surface area contributed by atoms with Crippen LogP contribution >= 0.6 is 0 Å². The first-order valence-electron chi connectivity index (χ1n) is 6.91. The Balaban J connectivity index is 2.48. The predicted molar refractivity (Wildman–Crippen MR) is 71.6 cm³/mol. The summed E-state index contributed by atoms with van der Waals surface area (Å²) in [5.41, 5.74) is -0.450. The number of rotatable bonds is 4. The summed E-state index contributed by atoms with van der Waals surface area (Å²) in [6, 6.07) is 0.0742. The normalized spacial score (nSPS) is 19.3. The highest BCUT2D eigenvalue weighted by atomic mass is 16.6. The van der Waals surface area contributed by atoms with Gasteiger partial charge in [-0.2, -0.15) is 0 Å². The molecule has 0 unspecified atom stereocenters. The first-order chi connectivity index (χ1) is 8.42. The molecule has 18 heavy (non-hydrogen) atoms. The fourth-order valence-corrected chi connectivity index (χ4v) is 2.47. The Morgan fingerprint density at radius 2 is 1.89 bits per heavy atom. The predicted octanol–water partition coefficient (Wildman–Crippen LogP) is 3.11. The van der Waals surface area contributed by atoms with E-state index in [1.165, 1.54) is 32.1 Å². The minimum atomic E-state index is -0.450. The van der Waals surface area contributed by atoms with Gasteiger partial charge in [0.15, 0.2) is 0 Å². The van der Waals surface area contributed by atoms with Gasteiger partial charge < -0.3 is 14.8 Å². The summed E-state index contributed by atoms with van der Waals surface area (Å²) in [5, 5.41) is 2.96. The van der Waals surface area contributed by atoms with Gasteiger partial charge in [0.1, 0.15) is 5.60 Å². The van der Waals surface area contributed by atoms with Crippen molar-refractivity contribution in [1.29, 1.82) is 0 Å². The SMILES string of the molecule is COC[C@H](NC(=O)OC(C)(C)C)C1CCCCC1. The van der Waals surface area contributed by atoms with Crippen molar-refractivity contribution in [2.45, 2.75) is 64.5 Å². The number of amides is 1. The molecule has 0 aromatic heterocycles. The van der Waals surface area contributed by atoms with Gasteiger partial charge in [0.05, 0.1) is 12.6 Å². The molecular weight excluding hydrogens is 230 g/mol. The second-order valence-corrected chi connectivity index (χ2v) is 6.11. The average molecular weight is 257 g/mol. The maximum Gasteiger partial charge on any atom is 0.407 e. The summed E-state index contributed by atoms with van der Waals surface area (Å²) < 4.78 is 10.5. The number of carbonyl (C=O) groups is 1. The fourth-order valence-electron chi connectivity index (χ4n) is 2.47. The van der Waals surface area contributed by atoms with Gasteiger partial charge in [0.2, 0.25) is 0 Å². The average Bonchev–Trinajstić information content (AvgIpc) is 2.27. The van der Waals surface area contributed by atoms with Gasteiger partial charge in [-0.15, -0.1) is 0 Å². The second kappa shape index (κ2) is 6.98. The molecule has 1 amide bonds. The quantitative estimate of drug-likeness (QED) is 0.841.